The second-order valence-corrected chi connectivity index (χ2v) is 9.95. The first-order chi connectivity index (χ1) is 15.7. The minimum Gasteiger partial charge on any atom is -0.492 e. The summed E-state index contributed by atoms with van der Waals surface area (Å²) in [6.07, 6.45) is 10.6. The van der Waals surface area contributed by atoms with Crippen LogP contribution >= 0.6 is 0 Å². The summed E-state index contributed by atoms with van der Waals surface area (Å²) in [5.41, 5.74) is 1.77. The number of ether oxygens (including phenoxy) is 2. The van der Waals surface area contributed by atoms with E-state index in [1.165, 1.54) is 44.1 Å². The number of benzene rings is 1. The Balaban J connectivity index is 1.22. The van der Waals surface area contributed by atoms with E-state index in [0.717, 1.165) is 63.9 Å². The van der Waals surface area contributed by atoms with Crippen molar-refractivity contribution in [1.29, 1.82) is 0 Å². The quantitative estimate of drug-likeness (QED) is 0.513. The zero-order valence-corrected chi connectivity index (χ0v) is 20.2. The van der Waals surface area contributed by atoms with Gasteiger partial charge in [-0.2, -0.15) is 0 Å². The summed E-state index contributed by atoms with van der Waals surface area (Å²) in [6.45, 7) is 6.48. The van der Waals surface area contributed by atoms with Crippen LogP contribution in [0.1, 0.15) is 56.9 Å². The van der Waals surface area contributed by atoms with Gasteiger partial charge in [0.25, 0.3) is 0 Å². The van der Waals surface area contributed by atoms with E-state index in [2.05, 4.69) is 51.4 Å². The van der Waals surface area contributed by atoms with E-state index in [1.54, 1.807) is 0 Å². The van der Waals surface area contributed by atoms with Crippen LogP contribution in [-0.4, -0.2) is 75.4 Å². The number of aliphatic imine (C=N–C) groups is 1. The highest BCUT2D eigenvalue weighted by atomic mass is 16.5. The fourth-order valence-electron chi connectivity index (χ4n) is 5.70. The molecule has 0 amide bonds. The second kappa shape index (κ2) is 11.4. The van der Waals surface area contributed by atoms with Gasteiger partial charge in [-0.05, 0) is 62.3 Å². The van der Waals surface area contributed by atoms with E-state index in [-0.39, 0.29) is 0 Å². The number of hydrogen-bond acceptors (Lipinski definition) is 4. The van der Waals surface area contributed by atoms with Crippen LogP contribution in [0.2, 0.25) is 0 Å². The third-order valence-electron chi connectivity index (χ3n) is 7.74. The summed E-state index contributed by atoms with van der Waals surface area (Å²) in [5.74, 6) is 1.99. The summed E-state index contributed by atoms with van der Waals surface area (Å²) < 4.78 is 11.5. The molecule has 2 heterocycles. The number of likely N-dealkylation sites (tertiary alicyclic amines) is 1. The predicted molar refractivity (Wildman–Crippen MR) is 130 cm³/mol. The molecule has 3 fully saturated rings. The van der Waals surface area contributed by atoms with Crippen molar-refractivity contribution < 1.29 is 9.47 Å². The molecular weight excluding hydrogens is 400 g/mol. The zero-order valence-electron chi connectivity index (χ0n) is 20.2. The molecule has 1 N–H and O–H groups in total. The lowest BCUT2D eigenvalue weighted by Gasteiger charge is -2.33. The van der Waals surface area contributed by atoms with Crippen molar-refractivity contribution in [1.82, 2.24) is 15.1 Å². The van der Waals surface area contributed by atoms with Crippen LogP contribution in [0.4, 0.5) is 0 Å². The van der Waals surface area contributed by atoms with Crippen LogP contribution in [0.3, 0.4) is 0 Å². The lowest BCUT2D eigenvalue weighted by atomic mass is 9.73. The predicted octanol–water partition coefficient (Wildman–Crippen LogP) is 3.91. The molecule has 3 aliphatic rings. The van der Waals surface area contributed by atoms with Gasteiger partial charge in [-0.15, -0.1) is 0 Å². The molecule has 0 atom stereocenters. The molecule has 178 valence electrons. The monoisotopic (exact) mass is 442 g/mol. The number of hydrogen-bond donors (Lipinski definition) is 1. The van der Waals surface area contributed by atoms with Gasteiger partial charge < -0.3 is 19.7 Å². The summed E-state index contributed by atoms with van der Waals surface area (Å²) in [4.78, 5) is 9.46. The van der Waals surface area contributed by atoms with E-state index in [9.17, 15) is 0 Å². The Bertz CT molecular complexity index is 741. The van der Waals surface area contributed by atoms with Gasteiger partial charge in [0, 0.05) is 52.5 Å². The molecule has 1 aromatic carbocycles. The molecule has 0 radical (unpaired) electrons. The maximum absolute atomic E-state index is 6.07. The van der Waals surface area contributed by atoms with Crippen LogP contribution in [0.15, 0.2) is 29.3 Å². The average Bonchev–Trinajstić information content (AvgIpc) is 3.23. The van der Waals surface area contributed by atoms with E-state index >= 15 is 0 Å². The Labute approximate surface area is 194 Å². The van der Waals surface area contributed by atoms with Gasteiger partial charge in [0.05, 0.1) is 0 Å². The van der Waals surface area contributed by atoms with Gasteiger partial charge in [-0.3, -0.25) is 9.89 Å². The first kappa shape index (κ1) is 23.4. The molecule has 6 heteroatoms. The van der Waals surface area contributed by atoms with Gasteiger partial charge in [0.2, 0.25) is 0 Å². The van der Waals surface area contributed by atoms with Crippen molar-refractivity contribution in [2.24, 2.45) is 10.4 Å². The zero-order chi connectivity index (χ0) is 22.2. The maximum atomic E-state index is 6.07. The average molecular weight is 443 g/mol. The van der Waals surface area contributed by atoms with E-state index in [1.807, 2.05) is 7.05 Å². The number of nitrogens with zero attached hydrogens (tertiary/aromatic N) is 3. The highest BCUT2D eigenvalue weighted by molar-refractivity contribution is 5.80. The van der Waals surface area contributed by atoms with Crippen LogP contribution in [0.5, 0.6) is 5.75 Å². The Morgan fingerprint density at radius 2 is 2.03 bits per heavy atom. The summed E-state index contributed by atoms with van der Waals surface area (Å²) >= 11 is 0. The molecule has 0 bridgehead atoms. The highest BCUT2D eigenvalue weighted by Gasteiger charge is 2.39. The number of rotatable bonds is 7. The largest absolute Gasteiger partial charge is 0.492 e. The molecule has 2 aliphatic heterocycles. The van der Waals surface area contributed by atoms with Gasteiger partial charge in [-0.25, -0.2) is 0 Å². The molecule has 1 aliphatic carbocycles. The van der Waals surface area contributed by atoms with Gasteiger partial charge >= 0.3 is 0 Å². The van der Waals surface area contributed by atoms with Crippen molar-refractivity contribution in [2.45, 2.75) is 64.0 Å². The minimum absolute atomic E-state index is 0.543. The van der Waals surface area contributed by atoms with E-state index in [4.69, 9.17) is 9.47 Å². The molecular formula is C26H42N4O2. The molecule has 32 heavy (non-hydrogen) atoms. The molecule has 1 spiro atoms. The summed E-state index contributed by atoms with van der Waals surface area (Å²) in [6, 6.07) is 9.08. The fraction of sp³-hybridized carbons (Fsp3) is 0.731. The Morgan fingerprint density at radius 1 is 1.22 bits per heavy atom. The topological polar surface area (TPSA) is 49.3 Å². The minimum atomic E-state index is 0.543. The maximum Gasteiger partial charge on any atom is 0.193 e. The van der Waals surface area contributed by atoms with E-state index in [0.29, 0.717) is 18.1 Å². The summed E-state index contributed by atoms with van der Waals surface area (Å²) in [5, 5.41) is 3.59. The molecule has 2 saturated heterocycles. The lowest BCUT2D eigenvalue weighted by molar-refractivity contribution is 0.0392. The third kappa shape index (κ3) is 6.16. The van der Waals surface area contributed by atoms with Crippen molar-refractivity contribution in [3.63, 3.8) is 0 Å². The summed E-state index contributed by atoms with van der Waals surface area (Å²) in [7, 11) is 4.10. The van der Waals surface area contributed by atoms with E-state index < -0.39 is 0 Å². The third-order valence-corrected chi connectivity index (χ3v) is 7.74. The Morgan fingerprint density at radius 3 is 2.81 bits per heavy atom. The molecule has 6 nitrogen and oxygen atoms in total. The molecule has 1 saturated carbocycles. The van der Waals surface area contributed by atoms with Gasteiger partial charge in [0.15, 0.2) is 5.96 Å². The van der Waals surface area contributed by atoms with Crippen LogP contribution in [0, 0.1) is 5.41 Å². The molecule has 0 unspecified atom stereocenters. The lowest BCUT2D eigenvalue weighted by Crippen LogP contribution is -2.41. The van der Waals surface area contributed by atoms with Crippen LogP contribution in [0.25, 0.3) is 0 Å². The highest BCUT2D eigenvalue weighted by Crippen LogP contribution is 2.43. The Kier molecular flexibility index (Phi) is 8.31. The van der Waals surface area contributed by atoms with Crippen LogP contribution in [-0.2, 0) is 11.3 Å². The first-order valence-corrected chi connectivity index (χ1v) is 12.6. The first-order valence-electron chi connectivity index (χ1n) is 12.6. The van der Waals surface area contributed by atoms with Crippen molar-refractivity contribution in [3.05, 3.63) is 29.8 Å². The number of likely N-dealkylation sites (N-methyl/N-ethyl adjacent to an activating group) is 1. The normalized spacial score (nSPS) is 22.0. The number of guanidine groups is 1. The van der Waals surface area contributed by atoms with Crippen molar-refractivity contribution in [2.75, 3.05) is 53.6 Å². The number of nitrogens with one attached hydrogen (secondary N) is 1. The standard InChI is InChI=1S/C26H42N4O2/c1-27-25(30-14-13-26(21-30)11-4-3-5-12-26)28-20-22-7-6-8-24(19-22)32-18-15-29(2)23-9-16-31-17-10-23/h6-8,19,23H,3-5,9-18,20-21H2,1-2H3,(H,27,28). The molecule has 0 aromatic heterocycles. The smallest absolute Gasteiger partial charge is 0.193 e. The SMILES string of the molecule is CN=C(NCc1cccc(OCCN(C)C2CCOCC2)c1)N1CCC2(CCCCC2)C1. The molecule has 1 aromatic rings. The Hall–Kier alpha value is -1.79. The van der Waals surface area contributed by atoms with Crippen molar-refractivity contribution >= 4 is 5.96 Å². The van der Waals surface area contributed by atoms with Crippen molar-refractivity contribution in [3.8, 4) is 5.75 Å². The fourth-order valence-corrected chi connectivity index (χ4v) is 5.70. The van der Waals surface area contributed by atoms with Gasteiger partial charge in [0.1, 0.15) is 12.4 Å². The van der Waals surface area contributed by atoms with Gasteiger partial charge in [-0.1, -0.05) is 31.4 Å². The second-order valence-electron chi connectivity index (χ2n) is 9.95. The molecule has 4 rings (SSSR count). The van der Waals surface area contributed by atoms with Crippen LogP contribution < -0.4 is 10.1 Å².